The van der Waals surface area contributed by atoms with E-state index in [1.807, 2.05) is 18.8 Å². The van der Waals surface area contributed by atoms with Crippen molar-refractivity contribution < 1.29 is 0 Å². The standard InChI is InChI=1S/C12H24N6S/c1-4-5-13-10(8-12-14-16-18(3)15-12)11-9-19-7-6-17(11)2/h10-11,13H,4-9H2,1-3H3. The summed E-state index contributed by atoms with van der Waals surface area (Å²) in [6, 6.07) is 0.955. The zero-order chi connectivity index (χ0) is 13.7. The van der Waals surface area contributed by atoms with Crippen molar-refractivity contribution in [2.24, 2.45) is 7.05 Å². The highest BCUT2D eigenvalue weighted by molar-refractivity contribution is 7.99. The van der Waals surface area contributed by atoms with Crippen LogP contribution in [0.3, 0.4) is 0 Å². The average Bonchev–Trinajstić information content (AvgIpc) is 2.81. The van der Waals surface area contributed by atoms with Gasteiger partial charge in [-0.05, 0) is 25.2 Å². The zero-order valence-corrected chi connectivity index (χ0v) is 12.9. The van der Waals surface area contributed by atoms with Gasteiger partial charge in [-0.3, -0.25) is 0 Å². The number of rotatable bonds is 6. The van der Waals surface area contributed by atoms with E-state index in [1.54, 1.807) is 0 Å². The number of aryl methyl sites for hydroxylation is 1. The van der Waals surface area contributed by atoms with Crippen LogP contribution in [0.1, 0.15) is 19.2 Å². The maximum atomic E-state index is 4.31. The van der Waals surface area contributed by atoms with E-state index in [-0.39, 0.29) is 0 Å². The molecule has 1 aliphatic rings. The molecule has 1 fully saturated rings. The highest BCUT2D eigenvalue weighted by Crippen LogP contribution is 2.19. The van der Waals surface area contributed by atoms with Crippen LogP contribution in [0.4, 0.5) is 0 Å². The van der Waals surface area contributed by atoms with Gasteiger partial charge in [0.1, 0.15) is 0 Å². The van der Waals surface area contributed by atoms with Crippen LogP contribution >= 0.6 is 11.8 Å². The van der Waals surface area contributed by atoms with Gasteiger partial charge in [-0.1, -0.05) is 6.92 Å². The summed E-state index contributed by atoms with van der Waals surface area (Å²) in [7, 11) is 4.03. The Balaban J connectivity index is 2.01. The van der Waals surface area contributed by atoms with Crippen LogP contribution in [0.2, 0.25) is 0 Å². The van der Waals surface area contributed by atoms with Gasteiger partial charge in [0.15, 0.2) is 5.82 Å². The third kappa shape index (κ3) is 4.15. The molecule has 0 radical (unpaired) electrons. The largest absolute Gasteiger partial charge is 0.312 e. The van der Waals surface area contributed by atoms with Crippen molar-refractivity contribution in [2.75, 3.05) is 31.6 Å². The Morgan fingerprint density at radius 2 is 2.32 bits per heavy atom. The fourth-order valence-corrected chi connectivity index (χ4v) is 3.72. The molecule has 1 N–H and O–H groups in total. The molecular weight excluding hydrogens is 260 g/mol. The van der Waals surface area contributed by atoms with Gasteiger partial charge < -0.3 is 10.2 Å². The van der Waals surface area contributed by atoms with Crippen LogP contribution < -0.4 is 5.32 Å². The summed E-state index contributed by atoms with van der Waals surface area (Å²) in [5.41, 5.74) is 0. The minimum Gasteiger partial charge on any atom is -0.312 e. The molecule has 2 unspecified atom stereocenters. The zero-order valence-electron chi connectivity index (χ0n) is 12.0. The summed E-state index contributed by atoms with van der Waals surface area (Å²) in [5, 5.41) is 16.0. The summed E-state index contributed by atoms with van der Waals surface area (Å²) in [4.78, 5) is 3.99. The molecule has 0 bridgehead atoms. The van der Waals surface area contributed by atoms with E-state index >= 15 is 0 Å². The number of tetrazole rings is 1. The van der Waals surface area contributed by atoms with Gasteiger partial charge in [-0.25, -0.2) is 0 Å². The molecule has 108 valence electrons. The third-order valence-corrected chi connectivity index (χ3v) is 4.56. The van der Waals surface area contributed by atoms with E-state index in [9.17, 15) is 0 Å². The van der Waals surface area contributed by atoms with Gasteiger partial charge in [0.2, 0.25) is 0 Å². The van der Waals surface area contributed by atoms with Crippen LogP contribution in [0.25, 0.3) is 0 Å². The molecule has 0 aromatic carbocycles. The van der Waals surface area contributed by atoms with Crippen molar-refractivity contribution in [3.8, 4) is 0 Å². The second-order valence-electron chi connectivity index (χ2n) is 5.08. The number of thioether (sulfide) groups is 1. The molecule has 1 aromatic rings. The molecule has 1 aliphatic heterocycles. The van der Waals surface area contributed by atoms with E-state index in [0.29, 0.717) is 12.1 Å². The average molecular weight is 284 g/mol. The Morgan fingerprint density at radius 3 is 2.95 bits per heavy atom. The summed E-state index contributed by atoms with van der Waals surface area (Å²) in [6.07, 6.45) is 2.00. The molecule has 2 atom stereocenters. The lowest BCUT2D eigenvalue weighted by atomic mass is 10.0. The maximum absolute atomic E-state index is 4.31. The number of aromatic nitrogens is 4. The molecule has 0 saturated carbocycles. The Labute approximate surface area is 119 Å². The molecule has 2 rings (SSSR count). The first-order chi connectivity index (χ1) is 9.20. The van der Waals surface area contributed by atoms with E-state index in [4.69, 9.17) is 0 Å². The summed E-state index contributed by atoms with van der Waals surface area (Å²) in [6.45, 7) is 4.40. The number of nitrogens with one attached hydrogen (secondary N) is 1. The van der Waals surface area contributed by atoms with Gasteiger partial charge in [-0.15, -0.1) is 10.2 Å². The maximum Gasteiger partial charge on any atom is 0.176 e. The van der Waals surface area contributed by atoms with Crippen molar-refractivity contribution >= 4 is 11.8 Å². The predicted octanol–water partition coefficient (Wildman–Crippen LogP) is 0.168. The van der Waals surface area contributed by atoms with Gasteiger partial charge >= 0.3 is 0 Å². The van der Waals surface area contributed by atoms with Crippen LogP contribution in [-0.4, -0.2) is 68.8 Å². The molecule has 1 saturated heterocycles. The first-order valence-corrected chi connectivity index (χ1v) is 8.10. The Bertz CT molecular complexity index is 382. The van der Waals surface area contributed by atoms with Crippen LogP contribution in [0.15, 0.2) is 0 Å². The van der Waals surface area contributed by atoms with Crippen LogP contribution in [0, 0.1) is 0 Å². The van der Waals surface area contributed by atoms with E-state index < -0.39 is 0 Å². The van der Waals surface area contributed by atoms with Crippen molar-refractivity contribution in [3.05, 3.63) is 5.82 Å². The molecule has 0 aliphatic carbocycles. The monoisotopic (exact) mass is 284 g/mol. The lowest BCUT2D eigenvalue weighted by molar-refractivity contribution is 0.212. The quantitative estimate of drug-likeness (QED) is 0.803. The van der Waals surface area contributed by atoms with Gasteiger partial charge in [0.25, 0.3) is 0 Å². The third-order valence-electron chi connectivity index (χ3n) is 3.52. The van der Waals surface area contributed by atoms with Gasteiger partial charge in [0, 0.05) is 36.6 Å². The van der Waals surface area contributed by atoms with E-state index in [2.05, 4.69) is 39.6 Å². The number of nitrogens with zero attached hydrogens (tertiary/aromatic N) is 5. The fraction of sp³-hybridized carbons (Fsp3) is 0.917. The second kappa shape index (κ2) is 7.21. The lowest BCUT2D eigenvalue weighted by Gasteiger charge is -2.37. The van der Waals surface area contributed by atoms with Gasteiger partial charge in [-0.2, -0.15) is 16.6 Å². The molecule has 0 amide bonds. The molecule has 7 heteroatoms. The highest BCUT2D eigenvalue weighted by atomic mass is 32.2. The Morgan fingerprint density at radius 1 is 1.47 bits per heavy atom. The molecule has 1 aromatic heterocycles. The van der Waals surface area contributed by atoms with E-state index in [1.165, 1.54) is 16.3 Å². The van der Waals surface area contributed by atoms with E-state index in [0.717, 1.165) is 31.8 Å². The minimum atomic E-state index is 0.405. The first-order valence-electron chi connectivity index (χ1n) is 6.95. The number of hydrogen-bond acceptors (Lipinski definition) is 6. The van der Waals surface area contributed by atoms with Crippen LogP contribution in [0.5, 0.6) is 0 Å². The molecule has 2 heterocycles. The smallest absolute Gasteiger partial charge is 0.176 e. The fourth-order valence-electron chi connectivity index (χ4n) is 2.40. The summed E-state index contributed by atoms with van der Waals surface area (Å²) >= 11 is 2.04. The summed E-state index contributed by atoms with van der Waals surface area (Å²) < 4.78 is 0. The van der Waals surface area contributed by atoms with Crippen molar-refractivity contribution in [3.63, 3.8) is 0 Å². The van der Waals surface area contributed by atoms with Gasteiger partial charge in [0.05, 0.1) is 7.05 Å². The summed E-state index contributed by atoms with van der Waals surface area (Å²) in [5.74, 6) is 3.25. The first kappa shape index (κ1) is 14.7. The molecule has 6 nitrogen and oxygen atoms in total. The molecule has 19 heavy (non-hydrogen) atoms. The van der Waals surface area contributed by atoms with Crippen molar-refractivity contribution in [1.82, 2.24) is 30.4 Å². The number of hydrogen-bond donors (Lipinski definition) is 1. The lowest BCUT2D eigenvalue weighted by Crippen LogP contribution is -2.54. The normalized spacial score (nSPS) is 22.6. The predicted molar refractivity (Wildman–Crippen MR) is 78.3 cm³/mol. The van der Waals surface area contributed by atoms with Crippen LogP contribution in [-0.2, 0) is 13.5 Å². The highest BCUT2D eigenvalue weighted by Gasteiger charge is 2.28. The SMILES string of the molecule is CCCNC(Cc1nnn(C)n1)C1CSCCN1C. The minimum absolute atomic E-state index is 0.405. The Hall–Kier alpha value is -0.660. The molecular formula is C12H24N6S. The number of likely N-dealkylation sites (N-methyl/N-ethyl adjacent to an activating group) is 1. The topological polar surface area (TPSA) is 58.9 Å². The molecule has 0 spiro atoms. The Kier molecular flexibility index (Phi) is 5.59. The van der Waals surface area contributed by atoms with Crippen molar-refractivity contribution in [1.29, 1.82) is 0 Å². The second-order valence-corrected chi connectivity index (χ2v) is 6.23. The van der Waals surface area contributed by atoms with Crippen molar-refractivity contribution in [2.45, 2.75) is 31.8 Å².